The molecule has 0 aromatic heterocycles. The number of esters is 1. The minimum absolute atomic E-state index is 0.00499. The number of halogens is 2. The molecule has 0 aliphatic heterocycles. The number of nitrogens with zero attached hydrogens (tertiary/aromatic N) is 1. The molecule has 3 aromatic rings. The molecule has 0 atom stereocenters. The fraction of sp³-hybridized carbons (Fsp3) is 0.0476. The molecule has 0 heterocycles. The van der Waals surface area contributed by atoms with Crippen LogP contribution in [0.5, 0.6) is 11.5 Å². The van der Waals surface area contributed by atoms with Gasteiger partial charge in [-0.05, 0) is 48.5 Å². The van der Waals surface area contributed by atoms with Gasteiger partial charge in [0.1, 0.15) is 17.1 Å². The summed E-state index contributed by atoms with van der Waals surface area (Å²) in [7, 11) is 1.11. The zero-order valence-corrected chi connectivity index (χ0v) is 17.4. The Morgan fingerprint density at radius 1 is 1.00 bits per heavy atom. The van der Waals surface area contributed by atoms with Gasteiger partial charge in [-0.25, -0.2) is 4.79 Å². The molecule has 3 aromatic carbocycles. The van der Waals surface area contributed by atoms with Crippen molar-refractivity contribution in [1.82, 2.24) is 0 Å². The number of nitro groups is 1. The Balaban J connectivity index is 1.75. The number of benzene rings is 3. The third-order valence-corrected chi connectivity index (χ3v) is 4.64. The average Bonchev–Trinajstić information content (AvgIpc) is 2.76. The van der Waals surface area contributed by atoms with Crippen LogP contribution in [0.15, 0.2) is 60.7 Å². The molecule has 0 aliphatic rings. The largest absolute Gasteiger partial charge is 0.465 e. The summed E-state index contributed by atoms with van der Waals surface area (Å²) in [5.74, 6) is -0.621. The van der Waals surface area contributed by atoms with E-state index in [0.717, 1.165) is 13.2 Å². The van der Waals surface area contributed by atoms with Gasteiger partial charge in [0, 0.05) is 28.4 Å². The van der Waals surface area contributed by atoms with Gasteiger partial charge in [-0.1, -0.05) is 23.2 Å². The lowest BCUT2D eigenvalue weighted by molar-refractivity contribution is -0.385. The molecule has 10 heteroatoms. The highest BCUT2D eigenvalue weighted by Crippen LogP contribution is 2.32. The number of anilines is 1. The van der Waals surface area contributed by atoms with Crippen LogP contribution in [0.25, 0.3) is 0 Å². The van der Waals surface area contributed by atoms with Crippen LogP contribution in [-0.2, 0) is 4.74 Å². The van der Waals surface area contributed by atoms with E-state index in [4.69, 9.17) is 27.9 Å². The Morgan fingerprint density at radius 2 is 1.71 bits per heavy atom. The second-order valence-electron chi connectivity index (χ2n) is 6.14. The maximum Gasteiger partial charge on any atom is 0.344 e. The Labute approximate surface area is 186 Å². The first-order valence-corrected chi connectivity index (χ1v) is 9.45. The first-order chi connectivity index (χ1) is 14.8. The molecule has 0 unspecified atom stereocenters. The van der Waals surface area contributed by atoms with Crippen molar-refractivity contribution in [1.29, 1.82) is 0 Å². The van der Waals surface area contributed by atoms with Crippen LogP contribution in [0.2, 0.25) is 10.0 Å². The first kappa shape index (κ1) is 22.1. The maximum atomic E-state index is 12.5. The van der Waals surface area contributed by atoms with Gasteiger partial charge < -0.3 is 14.8 Å². The summed E-state index contributed by atoms with van der Waals surface area (Å²) in [4.78, 5) is 34.6. The molecule has 0 saturated carbocycles. The predicted octanol–water partition coefficient (Wildman–Crippen LogP) is 5.73. The number of methoxy groups -OCH3 is 1. The normalized spacial score (nSPS) is 10.3. The minimum Gasteiger partial charge on any atom is -0.465 e. The molecule has 1 N–H and O–H groups in total. The van der Waals surface area contributed by atoms with Gasteiger partial charge in [0.25, 0.3) is 11.6 Å². The fourth-order valence-corrected chi connectivity index (χ4v) is 2.92. The molecular formula is C21H14Cl2N2O6. The molecule has 31 heavy (non-hydrogen) atoms. The van der Waals surface area contributed by atoms with Crippen LogP contribution in [0, 0.1) is 10.1 Å². The van der Waals surface area contributed by atoms with Crippen molar-refractivity contribution in [2.75, 3.05) is 12.4 Å². The molecule has 0 radical (unpaired) electrons. The number of rotatable bonds is 6. The van der Waals surface area contributed by atoms with E-state index < -0.39 is 22.5 Å². The van der Waals surface area contributed by atoms with E-state index in [1.54, 1.807) is 42.5 Å². The standard InChI is InChI=1S/C21H14Cl2N2O6/c1-30-21(27)16-8-2-12(10-18(16)25(28)29)20(26)24-14-4-6-15(7-5-14)31-19-11-13(22)3-9-17(19)23/h2-11H,1H3,(H,24,26). The number of nitro benzene ring substituents is 1. The highest BCUT2D eigenvalue weighted by molar-refractivity contribution is 6.34. The number of hydrogen-bond acceptors (Lipinski definition) is 6. The van der Waals surface area contributed by atoms with Crippen molar-refractivity contribution in [2.45, 2.75) is 0 Å². The second-order valence-corrected chi connectivity index (χ2v) is 6.98. The number of hydrogen-bond donors (Lipinski definition) is 1. The zero-order chi connectivity index (χ0) is 22.5. The van der Waals surface area contributed by atoms with Crippen molar-refractivity contribution in [3.8, 4) is 11.5 Å². The van der Waals surface area contributed by atoms with E-state index in [2.05, 4.69) is 10.1 Å². The van der Waals surface area contributed by atoms with Gasteiger partial charge in [0.15, 0.2) is 0 Å². The molecule has 0 saturated heterocycles. The summed E-state index contributed by atoms with van der Waals surface area (Å²) in [6.07, 6.45) is 0. The quantitative estimate of drug-likeness (QED) is 0.285. The monoisotopic (exact) mass is 460 g/mol. The molecule has 0 spiro atoms. The van der Waals surface area contributed by atoms with E-state index in [9.17, 15) is 19.7 Å². The Hall–Kier alpha value is -3.62. The lowest BCUT2D eigenvalue weighted by Gasteiger charge is -2.10. The topological polar surface area (TPSA) is 108 Å². The zero-order valence-electron chi connectivity index (χ0n) is 15.9. The summed E-state index contributed by atoms with van der Waals surface area (Å²) in [6.45, 7) is 0. The highest BCUT2D eigenvalue weighted by atomic mass is 35.5. The summed E-state index contributed by atoms with van der Waals surface area (Å²) in [6, 6.07) is 14.7. The molecule has 0 fully saturated rings. The Morgan fingerprint density at radius 3 is 2.35 bits per heavy atom. The predicted molar refractivity (Wildman–Crippen MR) is 115 cm³/mol. The van der Waals surface area contributed by atoms with Crippen LogP contribution >= 0.6 is 23.2 Å². The van der Waals surface area contributed by atoms with Gasteiger partial charge in [-0.3, -0.25) is 14.9 Å². The molecule has 158 valence electrons. The summed E-state index contributed by atoms with van der Waals surface area (Å²) < 4.78 is 10.2. The van der Waals surface area contributed by atoms with Crippen molar-refractivity contribution >= 4 is 46.5 Å². The van der Waals surface area contributed by atoms with Gasteiger partial charge in [-0.2, -0.15) is 0 Å². The number of nitrogens with one attached hydrogen (secondary N) is 1. The SMILES string of the molecule is COC(=O)c1ccc(C(=O)Nc2ccc(Oc3cc(Cl)ccc3Cl)cc2)cc1[N+](=O)[O-]. The lowest BCUT2D eigenvalue weighted by Crippen LogP contribution is -2.13. The highest BCUT2D eigenvalue weighted by Gasteiger charge is 2.23. The maximum absolute atomic E-state index is 12.5. The fourth-order valence-electron chi connectivity index (χ4n) is 2.60. The summed E-state index contributed by atoms with van der Waals surface area (Å²) >= 11 is 12.0. The lowest BCUT2D eigenvalue weighted by atomic mass is 10.1. The van der Waals surface area contributed by atoms with Crippen molar-refractivity contribution in [3.05, 3.63) is 92.0 Å². The van der Waals surface area contributed by atoms with Crippen LogP contribution in [0.1, 0.15) is 20.7 Å². The van der Waals surface area contributed by atoms with Gasteiger partial charge in [0.2, 0.25) is 0 Å². The average molecular weight is 461 g/mol. The van der Waals surface area contributed by atoms with E-state index in [0.29, 0.717) is 27.2 Å². The van der Waals surface area contributed by atoms with Crippen LogP contribution < -0.4 is 10.1 Å². The third-order valence-electron chi connectivity index (χ3n) is 4.10. The van der Waals surface area contributed by atoms with Gasteiger partial charge >= 0.3 is 5.97 Å². The van der Waals surface area contributed by atoms with Crippen molar-refractivity contribution in [2.24, 2.45) is 0 Å². The van der Waals surface area contributed by atoms with Crippen molar-refractivity contribution < 1.29 is 24.0 Å². The summed E-state index contributed by atoms with van der Waals surface area (Å²) in [5, 5.41) is 14.7. The summed E-state index contributed by atoms with van der Waals surface area (Å²) in [5.41, 5.74) is -0.341. The van der Waals surface area contributed by atoms with Crippen LogP contribution in [0.4, 0.5) is 11.4 Å². The molecule has 0 aliphatic carbocycles. The first-order valence-electron chi connectivity index (χ1n) is 8.69. The van der Waals surface area contributed by atoms with E-state index in [1.165, 1.54) is 12.1 Å². The van der Waals surface area contributed by atoms with E-state index in [-0.39, 0.29) is 11.1 Å². The minimum atomic E-state index is -0.867. The molecule has 0 bridgehead atoms. The number of ether oxygens (including phenoxy) is 2. The third kappa shape index (κ3) is 5.30. The molecular weight excluding hydrogens is 447 g/mol. The number of carbonyl (C=O) groups is 2. The smallest absolute Gasteiger partial charge is 0.344 e. The molecule has 8 nitrogen and oxygen atoms in total. The van der Waals surface area contributed by atoms with Crippen LogP contribution in [-0.4, -0.2) is 23.9 Å². The Kier molecular flexibility index (Phi) is 6.74. The molecule has 1 amide bonds. The van der Waals surface area contributed by atoms with Crippen LogP contribution in [0.3, 0.4) is 0 Å². The Bertz CT molecular complexity index is 1170. The van der Waals surface area contributed by atoms with Gasteiger partial charge in [0.05, 0.1) is 17.1 Å². The molecule has 3 rings (SSSR count). The van der Waals surface area contributed by atoms with Gasteiger partial charge in [-0.15, -0.1) is 0 Å². The number of carbonyl (C=O) groups excluding carboxylic acids is 2. The van der Waals surface area contributed by atoms with E-state index >= 15 is 0 Å². The second kappa shape index (κ2) is 9.46. The van der Waals surface area contributed by atoms with E-state index in [1.807, 2.05) is 0 Å². The number of amides is 1. The van der Waals surface area contributed by atoms with Crippen molar-refractivity contribution in [3.63, 3.8) is 0 Å².